The molecule has 0 aromatic carbocycles. The molecular weight excluding hydrogens is 236 g/mol. The molecule has 2 fully saturated rings. The van der Waals surface area contributed by atoms with Gasteiger partial charge in [0.05, 0.1) is 17.1 Å². The van der Waals surface area contributed by atoms with Crippen molar-refractivity contribution in [1.29, 1.82) is 5.26 Å². The van der Waals surface area contributed by atoms with E-state index in [1.54, 1.807) is 0 Å². The zero-order valence-corrected chi connectivity index (χ0v) is 12.7. The van der Waals surface area contributed by atoms with Crippen LogP contribution in [0.15, 0.2) is 0 Å². The minimum Gasteiger partial charge on any atom is -0.388 e. The van der Waals surface area contributed by atoms with Crippen LogP contribution in [0.4, 0.5) is 0 Å². The highest BCUT2D eigenvalue weighted by Gasteiger charge is 2.52. The first-order chi connectivity index (χ1) is 8.92. The molecule has 1 heterocycles. The van der Waals surface area contributed by atoms with Gasteiger partial charge in [-0.05, 0) is 58.3 Å². The minimum atomic E-state index is -0.757. The summed E-state index contributed by atoms with van der Waals surface area (Å²) < 4.78 is 0. The van der Waals surface area contributed by atoms with Crippen LogP contribution < -0.4 is 0 Å². The molecule has 19 heavy (non-hydrogen) atoms. The van der Waals surface area contributed by atoms with E-state index in [0.717, 1.165) is 51.6 Å². The summed E-state index contributed by atoms with van der Waals surface area (Å²) >= 11 is 0. The number of hydrogen-bond acceptors (Lipinski definition) is 3. The van der Waals surface area contributed by atoms with Crippen molar-refractivity contribution >= 4 is 0 Å². The third-order valence-corrected chi connectivity index (χ3v) is 5.59. The van der Waals surface area contributed by atoms with Crippen LogP contribution in [0.2, 0.25) is 0 Å². The van der Waals surface area contributed by atoms with Gasteiger partial charge in [0.25, 0.3) is 0 Å². The molecule has 108 valence electrons. The van der Waals surface area contributed by atoms with Crippen LogP contribution in [0.5, 0.6) is 0 Å². The summed E-state index contributed by atoms with van der Waals surface area (Å²) in [6.07, 6.45) is 5.44. The summed E-state index contributed by atoms with van der Waals surface area (Å²) in [5.74, 6) is 0.709. The lowest BCUT2D eigenvalue weighted by Crippen LogP contribution is -2.56. The maximum absolute atomic E-state index is 11.1. The zero-order valence-electron chi connectivity index (χ0n) is 12.7. The first-order valence-corrected chi connectivity index (χ1v) is 7.80. The number of likely N-dealkylation sites (tertiary alicyclic amines) is 1. The minimum absolute atomic E-state index is 0.484. The molecule has 2 rings (SSSR count). The lowest BCUT2D eigenvalue weighted by atomic mass is 9.59. The molecule has 1 N–H and O–H groups in total. The fourth-order valence-corrected chi connectivity index (χ4v) is 3.83. The van der Waals surface area contributed by atoms with E-state index >= 15 is 0 Å². The van der Waals surface area contributed by atoms with E-state index in [9.17, 15) is 10.4 Å². The maximum Gasteiger partial charge on any atom is 0.0861 e. The Balaban J connectivity index is 2.09. The summed E-state index contributed by atoms with van der Waals surface area (Å²) in [6, 6.07) is 3.06. The average Bonchev–Trinajstić information content (AvgIpc) is 2.40. The van der Waals surface area contributed by atoms with Crippen LogP contribution in [-0.4, -0.2) is 34.7 Å². The maximum atomic E-state index is 11.1. The fourth-order valence-electron chi connectivity index (χ4n) is 3.83. The number of hydrogen-bond donors (Lipinski definition) is 1. The van der Waals surface area contributed by atoms with Crippen molar-refractivity contribution in [2.45, 2.75) is 70.9 Å². The Labute approximate surface area is 117 Å². The van der Waals surface area contributed by atoms with Crippen molar-refractivity contribution in [3.8, 4) is 6.07 Å². The standard InChI is InChI=1S/C16H28N2O/c1-13(2)18-10-8-16(19,9-11-18)15(12-17)6-4-14(3)5-7-15/h13-14,19H,4-11H2,1-3H3. The molecule has 0 atom stereocenters. The number of nitrogens with zero attached hydrogens (tertiary/aromatic N) is 2. The Morgan fingerprint density at radius 2 is 1.68 bits per heavy atom. The summed E-state index contributed by atoms with van der Waals surface area (Å²) in [7, 11) is 0. The Kier molecular flexibility index (Phi) is 4.23. The van der Waals surface area contributed by atoms with Crippen LogP contribution in [0.3, 0.4) is 0 Å². The molecule has 0 amide bonds. The van der Waals surface area contributed by atoms with Gasteiger partial charge >= 0.3 is 0 Å². The third kappa shape index (κ3) is 2.66. The molecule has 1 saturated heterocycles. The quantitative estimate of drug-likeness (QED) is 0.834. The predicted octanol–water partition coefficient (Wildman–Crippen LogP) is 2.94. The molecule has 2 aliphatic rings. The first kappa shape index (κ1) is 14.8. The largest absolute Gasteiger partial charge is 0.388 e. The summed E-state index contributed by atoms with van der Waals surface area (Å²) in [5, 5.41) is 20.8. The number of rotatable bonds is 2. The van der Waals surface area contributed by atoms with Gasteiger partial charge in [0.1, 0.15) is 0 Å². The SMILES string of the molecule is CC1CCC(C#N)(C2(O)CCN(C(C)C)CC2)CC1. The molecule has 0 unspecified atom stereocenters. The predicted molar refractivity (Wildman–Crippen MR) is 76.6 cm³/mol. The van der Waals surface area contributed by atoms with Gasteiger partial charge in [0.15, 0.2) is 0 Å². The Morgan fingerprint density at radius 1 is 1.16 bits per heavy atom. The lowest BCUT2D eigenvalue weighted by molar-refractivity contribution is -0.116. The highest BCUT2D eigenvalue weighted by Crippen LogP contribution is 2.50. The van der Waals surface area contributed by atoms with Crippen molar-refractivity contribution in [3.05, 3.63) is 0 Å². The Morgan fingerprint density at radius 3 is 2.11 bits per heavy atom. The van der Waals surface area contributed by atoms with Gasteiger partial charge in [-0.2, -0.15) is 5.26 Å². The highest BCUT2D eigenvalue weighted by atomic mass is 16.3. The normalized spacial score (nSPS) is 36.1. The smallest absolute Gasteiger partial charge is 0.0861 e. The molecule has 0 spiro atoms. The topological polar surface area (TPSA) is 47.3 Å². The number of piperidine rings is 1. The van der Waals surface area contributed by atoms with Crippen LogP contribution in [0.1, 0.15) is 59.3 Å². The second-order valence-corrected chi connectivity index (χ2v) is 7.04. The monoisotopic (exact) mass is 264 g/mol. The van der Waals surface area contributed by atoms with Gasteiger partial charge in [0, 0.05) is 19.1 Å². The lowest BCUT2D eigenvalue weighted by Gasteiger charge is -2.50. The Bertz CT molecular complexity index is 342. The molecule has 1 aliphatic heterocycles. The molecule has 0 aromatic rings. The van der Waals surface area contributed by atoms with Gasteiger partial charge in [-0.25, -0.2) is 0 Å². The Hall–Kier alpha value is -0.590. The van der Waals surface area contributed by atoms with E-state index in [0.29, 0.717) is 12.0 Å². The summed E-state index contributed by atoms with van der Waals surface area (Å²) in [4.78, 5) is 2.41. The van der Waals surface area contributed by atoms with Crippen LogP contribution >= 0.6 is 0 Å². The van der Waals surface area contributed by atoms with Crippen LogP contribution in [0, 0.1) is 22.7 Å². The molecule has 1 saturated carbocycles. The van der Waals surface area contributed by atoms with E-state index in [1.165, 1.54) is 0 Å². The number of aliphatic hydroxyl groups is 1. The van der Waals surface area contributed by atoms with E-state index in [-0.39, 0.29) is 0 Å². The van der Waals surface area contributed by atoms with Crippen molar-refractivity contribution in [1.82, 2.24) is 4.90 Å². The molecule has 0 radical (unpaired) electrons. The van der Waals surface area contributed by atoms with Crippen molar-refractivity contribution in [3.63, 3.8) is 0 Å². The fraction of sp³-hybridized carbons (Fsp3) is 0.938. The summed E-state index contributed by atoms with van der Waals surface area (Å²) in [6.45, 7) is 8.51. The van der Waals surface area contributed by atoms with Gasteiger partial charge in [-0.15, -0.1) is 0 Å². The van der Waals surface area contributed by atoms with Gasteiger partial charge in [0.2, 0.25) is 0 Å². The van der Waals surface area contributed by atoms with Gasteiger partial charge in [-0.1, -0.05) is 6.92 Å². The second-order valence-electron chi connectivity index (χ2n) is 7.04. The van der Waals surface area contributed by atoms with E-state index < -0.39 is 11.0 Å². The van der Waals surface area contributed by atoms with Crippen molar-refractivity contribution in [2.24, 2.45) is 11.3 Å². The first-order valence-electron chi connectivity index (χ1n) is 7.80. The van der Waals surface area contributed by atoms with E-state index in [2.05, 4.69) is 31.7 Å². The van der Waals surface area contributed by atoms with E-state index in [1.807, 2.05) is 0 Å². The second kappa shape index (κ2) is 5.42. The molecular formula is C16H28N2O. The highest BCUT2D eigenvalue weighted by molar-refractivity contribution is 5.14. The number of nitriles is 1. The molecule has 3 nitrogen and oxygen atoms in total. The third-order valence-electron chi connectivity index (χ3n) is 5.59. The van der Waals surface area contributed by atoms with Gasteiger partial charge in [-0.3, -0.25) is 0 Å². The van der Waals surface area contributed by atoms with Crippen LogP contribution in [-0.2, 0) is 0 Å². The summed E-state index contributed by atoms with van der Waals surface area (Å²) in [5.41, 5.74) is -1.24. The molecule has 0 aromatic heterocycles. The molecule has 3 heteroatoms. The molecule has 0 bridgehead atoms. The molecule has 1 aliphatic carbocycles. The van der Waals surface area contributed by atoms with Crippen LogP contribution in [0.25, 0.3) is 0 Å². The zero-order chi connectivity index (χ0) is 14.1. The van der Waals surface area contributed by atoms with Crippen molar-refractivity contribution in [2.75, 3.05) is 13.1 Å². The van der Waals surface area contributed by atoms with Gasteiger partial charge < -0.3 is 10.0 Å². The van der Waals surface area contributed by atoms with E-state index in [4.69, 9.17) is 0 Å². The average molecular weight is 264 g/mol. The van der Waals surface area contributed by atoms with Crippen molar-refractivity contribution < 1.29 is 5.11 Å².